The molecule has 0 aliphatic carbocycles. The van der Waals surface area contributed by atoms with Crippen LogP contribution in [0.15, 0.2) is 83.8 Å². The van der Waals surface area contributed by atoms with Crippen LogP contribution in [-0.4, -0.2) is 11.9 Å². The molecule has 0 radical (unpaired) electrons. The van der Waals surface area contributed by atoms with Gasteiger partial charge in [-0.1, -0.05) is 48.5 Å². The first kappa shape index (κ1) is 18.8. The first-order chi connectivity index (χ1) is 13.6. The number of fused-ring (bicyclic) bond motifs is 1. The molecule has 142 valence electrons. The Labute approximate surface area is 169 Å². The molecular formula is C24H22FNOS. The van der Waals surface area contributed by atoms with Gasteiger partial charge in [0, 0.05) is 16.6 Å². The van der Waals surface area contributed by atoms with Crippen LogP contribution in [0.2, 0.25) is 0 Å². The third-order valence-corrected chi connectivity index (χ3v) is 6.39. The van der Waals surface area contributed by atoms with Crippen LogP contribution in [0.4, 0.5) is 10.1 Å². The second-order valence-corrected chi connectivity index (χ2v) is 8.27. The van der Waals surface area contributed by atoms with Gasteiger partial charge in [0.05, 0.1) is 0 Å². The number of anilines is 1. The smallest absolute Gasteiger partial charge is 0.245 e. The molecule has 1 amide bonds. The molecule has 28 heavy (non-hydrogen) atoms. The molecule has 1 heterocycles. The number of carbonyl (C=O) groups is 1. The van der Waals surface area contributed by atoms with Crippen LogP contribution in [0.25, 0.3) is 0 Å². The van der Waals surface area contributed by atoms with Gasteiger partial charge in [-0.3, -0.25) is 4.79 Å². The van der Waals surface area contributed by atoms with E-state index in [-0.39, 0.29) is 23.0 Å². The van der Waals surface area contributed by atoms with Crippen LogP contribution < -0.4 is 4.90 Å². The van der Waals surface area contributed by atoms with Crippen molar-refractivity contribution < 1.29 is 9.18 Å². The average Bonchev–Trinajstić information content (AvgIpc) is 2.73. The summed E-state index contributed by atoms with van der Waals surface area (Å²) in [5.41, 5.74) is 2.71. The first-order valence-electron chi connectivity index (χ1n) is 9.51. The van der Waals surface area contributed by atoms with E-state index in [2.05, 4.69) is 6.92 Å². The van der Waals surface area contributed by atoms with Crippen LogP contribution in [0.3, 0.4) is 0 Å². The van der Waals surface area contributed by atoms with Crippen LogP contribution in [0, 0.1) is 5.82 Å². The number of carbonyl (C=O) groups excluding carboxylic acids is 1. The van der Waals surface area contributed by atoms with E-state index in [0.717, 1.165) is 34.6 Å². The SMILES string of the molecule is CC1CCc2cc(F)ccc2N1C(=O)C(Sc1ccccc1)c1ccccc1. The lowest BCUT2D eigenvalue weighted by molar-refractivity contribution is -0.118. The topological polar surface area (TPSA) is 20.3 Å². The molecule has 0 bridgehead atoms. The van der Waals surface area contributed by atoms with Gasteiger partial charge < -0.3 is 4.90 Å². The predicted octanol–water partition coefficient (Wildman–Crippen LogP) is 6.03. The Morgan fingerprint density at radius 1 is 1.04 bits per heavy atom. The molecule has 0 saturated carbocycles. The molecule has 0 saturated heterocycles. The highest BCUT2D eigenvalue weighted by Crippen LogP contribution is 2.40. The molecule has 1 aliphatic rings. The lowest BCUT2D eigenvalue weighted by Gasteiger charge is -2.37. The molecule has 2 unspecified atom stereocenters. The minimum atomic E-state index is -0.359. The lowest BCUT2D eigenvalue weighted by Crippen LogP contribution is -2.44. The van der Waals surface area contributed by atoms with Gasteiger partial charge in [-0.05, 0) is 61.2 Å². The standard InChI is InChI=1S/C24H22FNOS/c1-17-12-13-19-16-20(25)14-15-22(19)26(17)24(27)23(18-8-4-2-5-9-18)28-21-10-6-3-7-11-21/h2-11,14-17,23H,12-13H2,1H3. The van der Waals surface area contributed by atoms with Crippen molar-refractivity contribution in [2.24, 2.45) is 0 Å². The predicted molar refractivity (Wildman–Crippen MR) is 113 cm³/mol. The Balaban J connectivity index is 1.73. The summed E-state index contributed by atoms with van der Waals surface area (Å²) in [6, 6.07) is 24.7. The van der Waals surface area contributed by atoms with E-state index in [9.17, 15) is 9.18 Å². The zero-order valence-corrected chi connectivity index (χ0v) is 16.5. The van der Waals surface area contributed by atoms with Gasteiger partial charge in [-0.15, -0.1) is 11.8 Å². The fraction of sp³-hybridized carbons (Fsp3) is 0.208. The molecule has 0 N–H and O–H groups in total. The highest BCUT2D eigenvalue weighted by atomic mass is 32.2. The molecule has 0 fully saturated rings. The Hall–Kier alpha value is -2.59. The lowest BCUT2D eigenvalue weighted by atomic mass is 9.95. The zero-order valence-electron chi connectivity index (χ0n) is 15.7. The maximum absolute atomic E-state index is 13.8. The molecule has 2 atom stereocenters. The summed E-state index contributed by atoms with van der Waals surface area (Å²) in [7, 11) is 0. The summed E-state index contributed by atoms with van der Waals surface area (Å²) in [4.78, 5) is 16.7. The Kier molecular flexibility index (Phi) is 5.49. The minimum Gasteiger partial charge on any atom is -0.308 e. The van der Waals surface area contributed by atoms with Gasteiger partial charge in [0.15, 0.2) is 0 Å². The van der Waals surface area contributed by atoms with Gasteiger partial charge in [0.2, 0.25) is 5.91 Å². The molecule has 3 aromatic rings. The van der Waals surface area contributed by atoms with Crippen molar-refractivity contribution >= 4 is 23.4 Å². The number of hydrogen-bond donors (Lipinski definition) is 0. The Morgan fingerprint density at radius 2 is 1.71 bits per heavy atom. The molecule has 2 nitrogen and oxygen atoms in total. The zero-order chi connectivity index (χ0) is 19.5. The highest BCUT2D eigenvalue weighted by molar-refractivity contribution is 8.00. The van der Waals surface area contributed by atoms with Crippen molar-refractivity contribution in [3.63, 3.8) is 0 Å². The van der Waals surface area contributed by atoms with E-state index in [0.29, 0.717) is 0 Å². The molecule has 4 rings (SSSR count). The number of hydrogen-bond acceptors (Lipinski definition) is 2. The number of benzene rings is 3. The summed E-state index contributed by atoms with van der Waals surface area (Å²) in [5, 5.41) is -0.359. The van der Waals surface area contributed by atoms with E-state index < -0.39 is 0 Å². The van der Waals surface area contributed by atoms with Crippen LogP contribution in [0.1, 0.15) is 29.7 Å². The fourth-order valence-electron chi connectivity index (χ4n) is 3.71. The van der Waals surface area contributed by atoms with Crippen LogP contribution in [-0.2, 0) is 11.2 Å². The number of aryl methyl sites for hydroxylation is 1. The van der Waals surface area contributed by atoms with E-state index in [1.165, 1.54) is 6.07 Å². The monoisotopic (exact) mass is 391 g/mol. The van der Waals surface area contributed by atoms with E-state index in [4.69, 9.17) is 0 Å². The van der Waals surface area contributed by atoms with E-state index in [1.807, 2.05) is 65.6 Å². The summed E-state index contributed by atoms with van der Waals surface area (Å²) >= 11 is 1.56. The van der Waals surface area contributed by atoms with Crippen molar-refractivity contribution in [3.8, 4) is 0 Å². The number of thioether (sulfide) groups is 1. The average molecular weight is 392 g/mol. The summed E-state index contributed by atoms with van der Waals surface area (Å²) in [6.07, 6.45) is 1.62. The molecule has 1 aliphatic heterocycles. The molecule has 0 spiro atoms. The van der Waals surface area contributed by atoms with Gasteiger partial charge in [-0.25, -0.2) is 4.39 Å². The second kappa shape index (κ2) is 8.19. The van der Waals surface area contributed by atoms with Crippen molar-refractivity contribution in [1.29, 1.82) is 0 Å². The van der Waals surface area contributed by atoms with E-state index >= 15 is 0 Å². The fourth-order valence-corrected chi connectivity index (χ4v) is 4.80. The van der Waals surface area contributed by atoms with Crippen LogP contribution in [0.5, 0.6) is 0 Å². The maximum Gasteiger partial charge on any atom is 0.245 e. The van der Waals surface area contributed by atoms with Crippen LogP contribution >= 0.6 is 11.8 Å². The number of nitrogens with zero attached hydrogens (tertiary/aromatic N) is 1. The van der Waals surface area contributed by atoms with E-state index in [1.54, 1.807) is 23.9 Å². The minimum absolute atomic E-state index is 0.0418. The summed E-state index contributed by atoms with van der Waals surface area (Å²) in [5.74, 6) is -0.209. The van der Waals surface area contributed by atoms with Crippen molar-refractivity contribution in [1.82, 2.24) is 0 Å². The van der Waals surface area contributed by atoms with Crippen molar-refractivity contribution in [3.05, 3.63) is 95.8 Å². The maximum atomic E-state index is 13.8. The molecule has 0 aromatic heterocycles. The molecule has 4 heteroatoms. The third kappa shape index (κ3) is 3.83. The van der Waals surface area contributed by atoms with Crippen molar-refractivity contribution in [2.75, 3.05) is 4.90 Å². The third-order valence-electron chi connectivity index (χ3n) is 5.13. The molecule has 3 aromatic carbocycles. The normalized spacial score (nSPS) is 17.1. The van der Waals surface area contributed by atoms with Gasteiger partial charge in [0.25, 0.3) is 0 Å². The van der Waals surface area contributed by atoms with Gasteiger partial charge >= 0.3 is 0 Å². The Bertz CT molecular complexity index is 961. The highest BCUT2D eigenvalue weighted by Gasteiger charge is 2.34. The summed E-state index contributed by atoms with van der Waals surface area (Å²) < 4.78 is 13.7. The second-order valence-electron chi connectivity index (χ2n) is 7.09. The van der Waals surface area contributed by atoms with Gasteiger partial charge in [0.1, 0.15) is 11.1 Å². The Morgan fingerprint density at radius 3 is 2.43 bits per heavy atom. The largest absolute Gasteiger partial charge is 0.308 e. The number of amides is 1. The number of rotatable bonds is 4. The molecular weight excluding hydrogens is 369 g/mol. The number of halogens is 1. The first-order valence-corrected chi connectivity index (χ1v) is 10.4. The van der Waals surface area contributed by atoms with Crippen molar-refractivity contribution in [2.45, 2.75) is 36.0 Å². The quantitative estimate of drug-likeness (QED) is 0.506. The van der Waals surface area contributed by atoms with Gasteiger partial charge in [-0.2, -0.15) is 0 Å². The summed E-state index contributed by atoms with van der Waals surface area (Å²) in [6.45, 7) is 2.07.